The first-order valence-electron chi connectivity index (χ1n) is 8.00. The second kappa shape index (κ2) is 8.71. The van der Waals surface area contributed by atoms with Crippen LogP contribution in [0.2, 0.25) is 0 Å². The number of nitrogens with two attached hydrogens (primary N) is 1. The van der Waals surface area contributed by atoms with Crippen molar-refractivity contribution >= 4 is 11.8 Å². The summed E-state index contributed by atoms with van der Waals surface area (Å²) in [6, 6.07) is 9.23. The van der Waals surface area contributed by atoms with Crippen molar-refractivity contribution in [2.75, 3.05) is 5.75 Å². The van der Waals surface area contributed by atoms with E-state index in [0.717, 1.165) is 17.4 Å². The van der Waals surface area contributed by atoms with E-state index < -0.39 is 0 Å². The molecule has 0 spiro atoms. The van der Waals surface area contributed by atoms with Crippen molar-refractivity contribution in [2.45, 2.75) is 63.2 Å². The molecule has 0 saturated heterocycles. The maximum Gasteiger partial charge on any atom is 0.0550 e. The van der Waals surface area contributed by atoms with Gasteiger partial charge >= 0.3 is 0 Å². The third kappa shape index (κ3) is 4.80. The lowest BCUT2D eigenvalue weighted by molar-refractivity contribution is 0.514. The highest BCUT2D eigenvalue weighted by molar-refractivity contribution is 7.99. The molecule has 0 bridgehead atoms. The number of benzene rings is 1. The van der Waals surface area contributed by atoms with Gasteiger partial charge in [-0.05, 0) is 30.4 Å². The van der Waals surface area contributed by atoms with Crippen molar-refractivity contribution in [3.05, 3.63) is 35.4 Å². The predicted molar refractivity (Wildman–Crippen MR) is 89.8 cm³/mol. The van der Waals surface area contributed by atoms with E-state index in [1.54, 1.807) is 0 Å². The Balaban J connectivity index is 1.86. The van der Waals surface area contributed by atoms with E-state index in [1.165, 1.54) is 49.7 Å². The molecular weight excluding hydrogens is 264 g/mol. The first-order valence-corrected chi connectivity index (χ1v) is 9.05. The molecule has 3 heteroatoms. The average Bonchev–Trinajstić information content (AvgIpc) is 2.51. The van der Waals surface area contributed by atoms with Gasteiger partial charge in [-0.15, -0.1) is 0 Å². The number of hydrogen-bond acceptors (Lipinski definition) is 3. The summed E-state index contributed by atoms with van der Waals surface area (Å²) in [7, 11) is 0. The largest absolute Gasteiger partial charge is 0.271 e. The molecule has 1 aliphatic carbocycles. The minimum absolute atomic E-state index is 0.276. The fourth-order valence-electron chi connectivity index (χ4n) is 2.91. The Morgan fingerprint density at radius 2 is 1.90 bits per heavy atom. The third-order valence-corrected chi connectivity index (χ3v) is 5.64. The third-order valence-electron chi connectivity index (χ3n) is 4.17. The summed E-state index contributed by atoms with van der Waals surface area (Å²) >= 11 is 2.10. The number of thioether (sulfide) groups is 1. The molecule has 2 rings (SSSR count). The SMILES string of the molecule is CCCc1ccc(C(CSC2CCCCC2)NN)cc1. The van der Waals surface area contributed by atoms with Crippen LogP contribution >= 0.6 is 11.8 Å². The van der Waals surface area contributed by atoms with E-state index in [2.05, 4.69) is 48.4 Å². The van der Waals surface area contributed by atoms with Crippen LogP contribution < -0.4 is 11.3 Å². The molecule has 0 aromatic heterocycles. The van der Waals surface area contributed by atoms with E-state index in [4.69, 9.17) is 5.84 Å². The number of aryl methyl sites for hydroxylation is 1. The van der Waals surface area contributed by atoms with Crippen LogP contribution in [0.25, 0.3) is 0 Å². The Morgan fingerprint density at radius 1 is 1.20 bits per heavy atom. The molecule has 0 heterocycles. The molecule has 0 amide bonds. The van der Waals surface area contributed by atoms with Gasteiger partial charge in [-0.3, -0.25) is 11.3 Å². The average molecular weight is 292 g/mol. The Kier molecular flexibility index (Phi) is 6.91. The van der Waals surface area contributed by atoms with Crippen molar-refractivity contribution in [2.24, 2.45) is 5.84 Å². The molecule has 1 saturated carbocycles. The van der Waals surface area contributed by atoms with Crippen LogP contribution in [0.3, 0.4) is 0 Å². The fraction of sp³-hybridized carbons (Fsp3) is 0.647. The van der Waals surface area contributed by atoms with E-state index >= 15 is 0 Å². The fourth-order valence-corrected chi connectivity index (χ4v) is 4.33. The molecule has 20 heavy (non-hydrogen) atoms. The summed E-state index contributed by atoms with van der Waals surface area (Å²) in [5.74, 6) is 6.83. The number of hydrazine groups is 1. The molecule has 1 aromatic rings. The monoisotopic (exact) mass is 292 g/mol. The highest BCUT2D eigenvalue weighted by Crippen LogP contribution is 2.30. The molecule has 0 aliphatic heterocycles. The van der Waals surface area contributed by atoms with Crippen LogP contribution in [0.15, 0.2) is 24.3 Å². The smallest absolute Gasteiger partial charge is 0.0550 e. The standard InChI is InChI=1S/C17H28N2S/c1-2-6-14-9-11-15(12-10-14)17(19-18)13-20-16-7-4-3-5-8-16/h9-12,16-17,19H,2-8,13,18H2,1H3. The lowest BCUT2D eigenvalue weighted by Crippen LogP contribution is -2.30. The van der Waals surface area contributed by atoms with Gasteiger partial charge in [0.15, 0.2) is 0 Å². The topological polar surface area (TPSA) is 38.0 Å². The highest BCUT2D eigenvalue weighted by atomic mass is 32.2. The van der Waals surface area contributed by atoms with E-state index in [0.29, 0.717) is 0 Å². The molecule has 3 N–H and O–H groups in total. The second-order valence-electron chi connectivity index (χ2n) is 5.80. The molecule has 0 radical (unpaired) electrons. The molecule has 1 aromatic carbocycles. The van der Waals surface area contributed by atoms with Crippen molar-refractivity contribution in [1.29, 1.82) is 0 Å². The summed E-state index contributed by atoms with van der Waals surface area (Å²) < 4.78 is 0. The van der Waals surface area contributed by atoms with Crippen LogP contribution in [-0.2, 0) is 6.42 Å². The normalized spacial score (nSPS) is 18.1. The van der Waals surface area contributed by atoms with E-state index in [-0.39, 0.29) is 6.04 Å². The minimum atomic E-state index is 0.276. The quantitative estimate of drug-likeness (QED) is 0.584. The zero-order valence-corrected chi connectivity index (χ0v) is 13.4. The van der Waals surface area contributed by atoms with Gasteiger partial charge < -0.3 is 0 Å². The second-order valence-corrected chi connectivity index (χ2v) is 7.14. The number of hydrogen-bond donors (Lipinski definition) is 2. The van der Waals surface area contributed by atoms with Crippen LogP contribution in [0.4, 0.5) is 0 Å². The summed E-state index contributed by atoms with van der Waals surface area (Å²) in [6.07, 6.45) is 9.38. The molecular formula is C17H28N2S. The van der Waals surface area contributed by atoms with E-state index in [9.17, 15) is 0 Å². The lowest BCUT2D eigenvalue weighted by atomic mass is 10.0. The van der Waals surface area contributed by atoms with Gasteiger partial charge in [0.1, 0.15) is 0 Å². The maximum absolute atomic E-state index is 5.75. The summed E-state index contributed by atoms with van der Waals surface area (Å²) in [4.78, 5) is 0. The van der Waals surface area contributed by atoms with Crippen LogP contribution in [-0.4, -0.2) is 11.0 Å². The van der Waals surface area contributed by atoms with Crippen molar-refractivity contribution < 1.29 is 0 Å². The first-order chi connectivity index (χ1) is 9.83. The summed E-state index contributed by atoms with van der Waals surface area (Å²) in [6.45, 7) is 2.22. The molecule has 112 valence electrons. The van der Waals surface area contributed by atoms with Gasteiger partial charge in [0.25, 0.3) is 0 Å². The molecule has 1 fully saturated rings. The Labute approximate surface area is 127 Å². The first kappa shape index (κ1) is 15.9. The van der Waals surface area contributed by atoms with E-state index in [1.807, 2.05) is 0 Å². The van der Waals surface area contributed by atoms with Gasteiger partial charge in [-0.2, -0.15) is 11.8 Å². The van der Waals surface area contributed by atoms with Crippen LogP contribution in [0.5, 0.6) is 0 Å². The van der Waals surface area contributed by atoms with Crippen LogP contribution in [0.1, 0.15) is 62.6 Å². The molecule has 2 nitrogen and oxygen atoms in total. The van der Waals surface area contributed by atoms with Gasteiger partial charge in [-0.25, -0.2) is 0 Å². The Morgan fingerprint density at radius 3 is 2.50 bits per heavy atom. The molecule has 1 unspecified atom stereocenters. The number of nitrogens with one attached hydrogen (secondary N) is 1. The zero-order valence-electron chi connectivity index (χ0n) is 12.6. The molecule has 1 aliphatic rings. The van der Waals surface area contributed by atoms with Gasteiger partial charge in [0.2, 0.25) is 0 Å². The Bertz CT molecular complexity index is 371. The molecule has 1 atom stereocenters. The highest BCUT2D eigenvalue weighted by Gasteiger charge is 2.17. The van der Waals surface area contributed by atoms with Crippen LogP contribution in [0, 0.1) is 0 Å². The minimum Gasteiger partial charge on any atom is -0.271 e. The van der Waals surface area contributed by atoms with Crippen molar-refractivity contribution in [3.8, 4) is 0 Å². The van der Waals surface area contributed by atoms with Gasteiger partial charge in [0.05, 0.1) is 6.04 Å². The van der Waals surface area contributed by atoms with Gasteiger partial charge in [-0.1, -0.05) is 56.9 Å². The van der Waals surface area contributed by atoms with Gasteiger partial charge in [0, 0.05) is 11.0 Å². The predicted octanol–water partition coefficient (Wildman–Crippen LogP) is 4.21. The maximum atomic E-state index is 5.75. The zero-order chi connectivity index (χ0) is 14.2. The van der Waals surface area contributed by atoms with Crippen molar-refractivity contribution in [3.63, 3.8) is 0 Å². The van der Waals surface area contributed by atoms with Crippen molar-refractivity contribution in [1.82, 2.24) is 5.43 Å². The number of rotatable bonds is 7. The lowest BCUT2D eigenvalue weighted by Gasteiger charge is -2.24. The summed E-state index contributed by atoms with van der Waals surface area (Å²) in [5.41, 5.74) is 5.73. The Hall–Kier alpha value is -0.510. The summed E-state index contributed by atoms with van der Waals surface area (Å²) in [5, 5.41) is 0.846.